The van der Waals surface area contributed by atoms with Crippen molar-refractivity contribution in [1.82, 2.24) is 0 Å². The van der Waals surface area contributed by atoms with E-state index >= 15 is 0 Å². The highest BCUT2D eigenvalue weighted by molar-refractivity contribution is 5.15. The highest BCUT2D eigenvalue weighted by atomic mass is 16.3. The van der Waals surface area contributed by atoms with Crippen LogP contribution in [0, 0.1) is 11.8 Å². The molecular formula is C16H24O. The van der Waals surface area contributed by atoms with Gasteiger partial charge in [0, 0.05) is 0 Å². The summed E-state index contributed by atoms with van der Waals surface area (Å²) >= 11 is 0. The van der Waals surface area contributed by atoms with Crippen molar-refractivity contribution in [2.75, 3.05) is 0 Å². The first kappa shape index (κ1) is 12.6. The van der Waals surface area contributed by atoms with E-state index in [-0.39, 0.29) is 0 Å². The van der Waals surface area contributed by atoms with Crippen LogP contribution in [0.5, 0.6) is 0 Å². The summed E-state index contributed by atoms with van der Waals surface area (Å²) in [5, 5.41) is 10.8. The summed E-state index contributed by atoms with van der Waals surface area (Å²) < 4.78 is 0. The van der Waals surface area contributed by atoms with Crippen LogP contribution in [0.4, 0.5) is 0 Å². The first-order valence-corrected chi connectivity index (χ1v) is 6.86. The molecule has 0 aliphatic heterocycles. The molecule has 0 amide bonds. The van der Waals surface area contributed by atoms with Crippen LogP contribution in [0.1, 0.15) is 45.1 Å². The molecule has 0 aromatic heterocycles. The van der Waals surface area contributed by atoms with Crippen LogP contribution < -0.4 is 0 Å². The van der Waals surface area contributed by atoms with Gasteiger partial charge in [0.25, 0.3) is 0 Å². The van der Waals surface area contributed by atoms with Gasteiger partial charge < -0.3 is 5.11 Å². The van der Waals surface area contributed by atoms with E-state index < -0.39 is 5.60 Å². The summed E-state index contributed by atoms with van der Waals surface area (Å²) in [7, 11) is 0. The number of benzene rings is 1. The molecule has 0 heterocycles. The zero-order valence-electron chi connectivity index (χ0n) is 11.0. The van der Waals surface area contributed by atoms with E-state index in [4.69, 9.17) is 0 Å². The van der Waals surface area contributed by atoms with Crippen molar-refractivity contribution in [2.24, 2.45) is 11.8 Å². The van der Waals surface area contributed by atoms with Gasteiger partial charge in [-0.25, -0.2) is 0 Å². The van der Waals surface area contributed by atoms with E-state index in [1.165, 1.54) is 18.4 Å². The first-order valence-electron chi connectivity index (χ1n) is 6.86. The summed E-state index contributed by atoms with van der Waals surface area (Å²) in [6.45, 7) is 4.47. The second-order valence-electron chi connectivity index (χ2n) is 5.88. The standard InChI is InChI=1S/C16H24O/c1-13-8-9-14(2)16(17,12-13)11-10-15-6-4-3-5-7-15/h3-7,13-14,17H,8-12H2,1-2H3. The molecule has 0 saturated heterocycles. The lowest BCUT2D eigenvalue weighted by atomic mass is 9.70. The minimum Gasteiger partial charge on any atom is -0.390 e. The monoisotopic (exact) mass is 232 g/mol. The van der Waals surface area contributed by atoms with Gasteiger partial charge in [-0.05, 0) is 43.1 Å². The Kier molecular flexibility index (Phi) is 3.88. The molecule has 0 bridgehead atoms. The lowest BCUT2D eigenvalue weighted by Crippen LogP contribution is -2.42. The number of hydrogen-bond acceptors (Lipinski definition) is 1. The van der Waals surface area contributed by atoms with Gasteiger partial charge in [-0.15, -0.1) is 0 Å². The summed E-state index contributed by atoms with van der Waals surface area (Å²) in [5.41, 5.74) is 0.902. The van der Waals surface area contributed by atoms with Gasteiger partial charge in [-0.2, -0.15) is 0 Å². The van der Waals surface area contributed by atoms with Gasteiger partial charge in [-0.3, -0.25) is 0 Å². The zero-order chi connectivity index (χ0) is 12.3. The average Bonchev–Trinajstić information content (AvgIpc) is 2.33. The molecule has 0 radical (unpaired) electrons. The quantitative estimate of drug-likeness (QED) is 0.840. The van der Waals surface area contributed by atoms with E-state index in [0.29, 0.717) is 11.8 Å². The molecule has 1 aromatic rings. The van der Waals surface area contributed by atoms with Crippen LogP contribution in [0.3, 0.4) is 0 Å². The summed E-state index contributed by atoms with van der Waals surface area (Å²) in [4.78, 5) is 0. The van der Waals surface area contributed by atoms with Gasteiger partial charge in [0.05, 0.1) is 5.60 Å². The summed E-state index contributed by atoms with van der Waals surface area (Å²) in [6.07, 6.45) is 5.32. The molecule has 0 spiro atoms. The number of aliphatic hydroxyl groups is 1. The molecule has 1 aliphatic rings. The molecule has 1 fully saturated rings. The maximum Gasteiger partial charge on any atom is 0.0678 e. The van der Waals surface area contributed by atoms with Crippen molar-refractivity contribution >= 4 is 0 Å². The molecule has 1 saturated carbocycles. The summed E-state index contributed by atoms with van der Waals surface area (Å²) in [6, 6.07) is 10.5. The third-order valence-corrected chi connectivity index (χ3v) is 4.40. The number of aryl methyl sites for hydroxylation is 1. The molecule has 1 aromatic carbocycles. The molecule has 1 nitrogen and oxygen atoms in total. The minimum absolute atomic E-state index is 0.437. The van der Waals surface area contributed by atoms with E-state index in [1.807, 2.05) is 6.07 Å². The Morgan fingerprint density at radius 1 is 1.18 bits per heavy atom. The minimum atomic E-state index is -0.437. The lowest BCUT2D eigenvalue weighted by molar-refractivity contribution is -0.0626. The fourth-order valence-electron chi connectivity index (χ4n) is 3.06. The smallest absolute Gasteiger partial charge is 0.0678 e. The Labute approximate surface area is 105 Å². The average molecular weight is 232 g/mol. The summed E-state index contributed by atoms with van der Waals surface area (Å²) in [5.74, 6) is 1.12. The topological polar surface area (TPSA) is 20.2 Å². The lowest BCUT2D eigenvalue weighted by Gasteiger charge is -2.41. The van der Waals surface area contributed by atoms with E-state index in [0.717, 1.165) is 19.3 Å². The second-order valence-corrected chi connectivity index (χ2v) is 5.88. The van der Waals surface area contributed by atoms with E-state index in [1.54, 1.807) is 0 Å². The highest BCUT2D eigenvalue weighted by Crippen LogP contribution is 2.39. The highest BCUT2D eigenvalue weighted by Gasteiger charge is 2.38. The van der Waals surface area contributed by atoms with Crippen molar-refractivity contribution in [3.05, 3.63) is 35.9 Å². The normalized spacial score (nSPS) is 33.6. The van der Waals surface area contributed by atoms with Gasteiger partial charge in [0.1, 0.15) is 0 Å². The maximum absolute atomic E-state index is 10.8. The van der Waals surface area contributed by atoms with E-state index in [9.17, 15) is 5.11 Å². The Morgan fingerprint density at radius 2 is 1.88 bits per heavy atom. The zero-order valence-corrected chi connectivity index (χ0v) is 11.0. The molecule has 3 unspecified atom stereocenters. The molecule has 1 N–H and O–H groups in total. The second kappa shape index (κ2) is 5.22. The van der Waals surface area contributed by atoms with Gasteiger partial charge in [0.2, 0.25) is 0 Å². The van der Waals surface area contributed by atoms with Crippen LogP contribution in [-0.2, 0) is 6.42 Å². The van der Waals surface area contributed by atoms with Gasteiger partial charge in [0.15, 0.2) is 0 Å². The Hall–Kier alpha value is -0.820. The number of hydrogen-bond donors (Lipinski definition) is 1. The Morgan fingerprint density at radius 3 is 2.59 bits per heavy atom. The molecule has 1 aliphatic carbocycles. The van der Waals surface area contributed by atoms with Crippen molar-refractivity contribution in [3.63, 3.8) is 0 Å². The third kappa shape index (κ3) is 3.10. The van der Waals surface area contributed by atoms with Gasteiger partial charge >= 0.3 is 0 Å². The fourth-order valence-corrected chi connectivity index (χ4v) is 3.06. The van der Waals surface area contributed by atoms with Crippen molar-refractivity contribution in [3.8, 4) is 0 Å². The van der Waals surface area contributed by atoms with Crippen LogP contribution >= 0.6 is 0 Å². The van der Waals surface area contributed by atoms with Gasteiger partial charge in [-0.1, -0.05) is 50.6 Å². The number of rotatable bonds is 3. The largest absolute Gasteiger partial charge is 0.390 e. The Bertz CT molecular complexity index is 346. The molecule has 2 rings (SSSR count). The Balaban J connectivity index is 1.97. The molecular weight excluding hydrogens is 208 g/mol. The van der Waals surface area contributed by atoms with Crippen LogP contribution in [0.25, 0.3) is 0 Å². The van der Waals surface area contributed by atoms with Crippen molar-refractivity contribution in [2.45, 2.75) is 51.6 Å². The predicted molar refractivity (Wildman–Crippen MR) is 71.9 cm³/mol. The van der Waals surface area contributed by atoms with E-state index in [2.05, 4.69) is 38.1 Å². The first-order chi connectivity index (χ1) is 8.10. The fraction of sp³-hybridized carbons (Fsp3) is 0.625. The van der Waals surface area contributed by atoms with Crippen molar-refractivity contribution in [1.29, 1.82) is 0 Å². The maximum atomic E-state index is 10.8. The SMILES string of the molecule is CC1CCC(C)C(O)(CCc2ccccc2)C1. The van der Waals surface area contributed by atoms with Crippen molar-refractivity contribution < 1.29 is 5.11 Å². The molecule has 17 heavy (non-hydrogen) atoms. The predicted octanol–water partition coefficient (Wildman–Crippen LogP) is 3.81. The van der Waals surface area contributed by atoms with Crippen LogP contribution in [0.2, 0.25) is 0 Å². The van der Waals surface area contributed by atoms with Crippen LogP contribution in [0.15, 0.2) is 30.3 Å². The third-order valence-electron chi connectivity index (χ3n) is 4.40. The molecule has 3 atom stereocenters. The molecule has 1 heteroatoms. The molecule has 94 valence electrons. The van der Waals surface area contributed by atoms with Crippen LogP contribution in [-0.4, -0.2) is 10.7 Å².